The molecule has 0 amide bonds. The van der Waals surface area contributed by atoms with E-state index in [1.807, 2.05) is 32.0 Å². The van der Waals surface area contributed by atoms with Gasteiger partial charge in [-0.3, -0.25) is 0 Å². The van der Waals surface area contributed by atoms with Crippen molar-refractivity contribution in [2.45, 2.75) is 19.9 Å². The fraction of sp³-hybridized carbons (Fsp3) is 0.364. The lowest BCUT2D eigenvalue weighted by Gasteiger charge is -2.10. The summed E-state index contributed by atoms with van der Waals surface area (Å²) in [5.41, 5.74) is 7.40. The normalized spacial score (nSPS) is 12.2. The van der Waals surface area contributed by atoms with Crippen molar-refractivity contribution >= 4 is 6.29 Å². The number of carbonyl (C=O) groups is 1. The van der Waals surface area contributed by atoms with Crippen molar-refractivity contribution in [3.8, 4) is 5.75 Å². The number of hydrogen-bond acceptors (Lipinski definition) is 3. The maximum atomic E-state index is 10.5. The number of benzene rings is 1. The van der Waals surface area contributed by atoms with Gasteiger partial charge in [-0.1, -0.05) is 12.1 Å². The molecule has 0 aromatic heterocycles. The highest BCUT2D eigenvalue weighted by atomic mass is 16.5. The number of hydrogen-bond donors (Lipinski definition) is 1. The number of nitrogens with two attached hydrogens (primary N) is 1. The first-order chi connectivity index (χ1) is 6.69. The standard InChI is InChI=1S/C11H15NO2/c1-3-14-11-5-4-9(6-8(11)2)10(12)7-13/h4-7,10H,3,12H2,1-2H3. The van der Waals surface area contributed by atoms with Crippen LogP contribution in [0.3, 0.4) is 0 Å². The maximum Gasteiger partial charge on any atom is 0.141 e. The fourth-order valence-corrected chi connectivity index (χ4v) is 1.28. The molecule has 76 valence electrons. The van der Waals surface area contributed by atoms with E-state index in [-0.39, 0.29) is 0 Å². The Morgan fingerprint density at radius 1 is 1.57 bits per heavy atom. The lowest BCUT2D eigenvalue weighted by Crippen LogP contribution is -2.11. The monoisotopic (exact) mass is 193 g/mol. The molecule has 0 saturated heterocycles. The SMILES string of the molecule is CCOc1ccc(C(N)C=O)cc1C. The van der Waals surface area contributed by atoms with E-state index in [1.165, 1.54) is 0 Å². The second kappa shape index (κ2) is 4.77. The van der Waals surface area contributed by atoms with Crippen molar-refractivity contribution in [3.63, 3.8) is 0 Å². The Balaban J connectivity index is 2.93. The van der Waals surface area contributed by atoms with Gasteiger partial charge in [-0.25, -0.2) is 0 Å². The highest BCUT2D eigenvalue weighted by Gasteiger charge is 2.06. The number of carbonyl (C=O) groups excluding carboxylic acids is 1. The third kappa shape index (κ3) is 2.33. The zero-order chi connectivity index (χ0) is 10.6. The lowest BCUT2D eigenvalue weighted by molar-refractivity contribution is -0.109. The average Bonchev–Trinajstić information content (AvgIpc) is 2.20. The molecule has 0 radical (unpaired) electrons. The zero-order valence-corrected chi connectivity index (χ0v) is 8.49. The highest BCUT2D eigenvalue weighted by molar-refractivity contribution is 5.61. The predicted molar refractivity (Wildman–Crippen MR) is 55.3 cm³/mol. The van der Waals surface area contributed by atoms with Gasteiger partial charge < -0.3 is 15.3 Å². The smallest absolute Gasteiger partial charge is 0.141 e. The molecule has 0 bridgehead atoms. The van der Waals surface area contributed by atoms with E-state index in [2.05, 4.69) is 0 Å². The first-order valence-corrected chi connectivity index (χ1v) is 4.63. The van der Waals surface area contributed by atoms with E-state index in [9.17, 15) is 4.79 Å². The van der Waals surface area contributed by atoms with Crippen molar-refractivity contribution in [2.24, 2.45) is 5.73 Å². The molecular formula is C11H15NO2. The molecule has 0 aliphatic heterocycles. The number of ether oxygens (including phenoxy) is 1. The van der Waals surface area contributed by atoms with Gasteiger partial charge in [0.2, 0.25) is 0 Å². The van der Waals surface area contributed by atoms with Gasteiger partial charge in [0.15, 0.2) is 0 Å². The van der Waals surface area contributed by atoms with Crippen LogP contribution in [0.25, 0.3) is 0 Å². The fourth-order valence-electron chi connectivity index (χ4n) is 1.28. The summed E-state index contributed by atoms with van der Waals surface area (Å²) in [6, 6.07) is 5.00. The second-order valence-electron chi connectivity index (χ2n) is 3.12. The van der Waals surface area contributed by atoms with Crippen molar-refractivity contribution in [1.82, 2.24) is 0 Å². The van der Waals surface area contributed by atoms with Gasteiger partial charge in [0, 0.05) is 0 Å². The second-order valence-corrected chi connectivity index (χ2v) is 3.12. The van der Waals surface area contributed by atoms with E-state index in [0.717, 1.165) is 23.2 Å². The minimum atomic E-state index is -0.538. The van der Waals surface area contributed by atoms with Crippen molar-refractivity contribution in [3.05, 3.63) is 29.3 Å². The van der Waals surface area contributed by atoms with Crippen LogP contribution in [-0.4, -0.2) is 12.9 Å². The predicted octanol–water partition coefficient (Wildman–Crippen LogP) is 1.59. The summed E-state index contributed by atoms with van der Waals surface area (Å²) in [5, 5.41) is 0. The van der Waals surface area contributed by atoms with E-state index in [0.29, 0.717) is 6.61 Å². The van der Waals surface area contributed by atoms with Crippen LogP contribution < -0.4 is 10.5 Å². The van der Waals surface area contributed by atoms with Crippen molar-refractivity contribution in [2.75, 3.05) is 6.61 Å². The molecule has 3 nitrogen and oxygen atoms in total. The summed E-state index contributed by atoms with van der Waals surface area (Å²) in [6.07, 6.45) is 0.731. The molecule has 1 aromatic carbocycles. The van der Waals surface area contributed by atoms with E-state index in [1.54, 1.807) is 0 Å². The molecule has 0 heterocycles. The molecule has 14 heavy (non-hydrogen) atoms. The Kier molecular flexibility index (Phi) is 3.65. The van der Waals surface area contributed by atoms with E-state index in [4.69, 9.17) is 10.5 Å². The number of aldehydes is 1. The van der Waals surface area contributed by atoms with Crippen LogP contribution in [0.1, 0.15) is 24.1 Å². The summed E-state index contributed by atoms with van der Waals surface area (Å²) in [5.74, 6) is 0.842. The molecule has 0 aliphatic rings. The van der Waals surface area contributed by atoms with Gasteiger partial charge in [-0.15, -0.1) is 0 Å². The Morgan fingerprint density at radius 2 is 2.29 bits per heavy atom. The van der Waals surface area contributed by atoms with Crippen LogP contribution in [0.4, 0.5) is 0 Å². The van der Waals surface area contributed by atoms with E-state index >= 15 is 0 Å². The molecule has 2 N–H and O–H groups in total. The summed E-state index contributed by atoms with van der Waals surface area (Å²) in [6.45, 7) is 4.51. The van der Waals surface area contributed by atoms with Gasteiger partial charge >= 0.3 is 0 Å². The van der Waals surface area contributed by atoms with E-state index < -0.39 is 6.04 Å². The molecule has 0 saturated carbocycles. The summed E-state index contributed by atoms with van der Waals surface area (Å²) >= 11 is 0. The highest BCUT2D eigenvalue weighted by Crippen LogP contribution is 2.21. The van der Waals surface area contributed by atoms with Gasteiger partial charge in [0.05, 0.1) is 12.6 Å². The summed E-state index contributed by atoms with van der Waals surface area (Å²) < 4.78 is 5.38. The average molecular weight is 193 g/mol. The third-order valence-corrected chi connectivity index (χ3v) is 2.03. The summed E-state index contributed by atoms with van der Waals surface area (Å²) in [7, 11) is 0. The molecule has 3 heteroatoms. The van der Waals surface area contributed by atoms with Crippen LogP contribution in [-0.2, 0) is 4.79 Å². The van der Waals surface area contributed by atoms with Gasteiger partial charge in [0.1, 0.15) is 12.0 Å². The minimum Gasteiger partial charge on any atom is -0.494 e. The Bertz CT molecular complexity index is 323. The van der Waals surface area contributed by atoms with Gasteiger partial charge in [0.25, 0.3) is 0 Å². The maximum absolute atomic E-state index is 10.5. The molecule has 1 aromatic rings. The molecule has 0 aliphatic carbocycles. The lowest BCUT2D eigenvalue weighted by atomic mass is 10.1. The van der Waals surface area contributed by atoms with Gasteiger partial charge in [-0.2, -0.15) is 0 Å². The summed E-state index contributed by atoms with van der Waals surface area (Å²) in [4.78, 5) is 10.5. The van der Waals surface area contributed by atoms with Crippen molar-refractivity contribution in [1.29, 1.82) is 0 Å². The zero-order valence-electron chi connectivity index (χ0n) is 8.49. The molecule has 1 atom stereocenters. The quantitative estimate of drug-likeness (QED) is 0.739. The first-order valence-electron chi connectivity index (χ1n) is 4.63. The third-order valence-electron chi connectivity index (χ3n) is 2.03. The van der Waals surface area contributed by atoms with Crippen LogP contribution in [0, 0.1) is 6.92 Å². The van der Waals surface area contributed by atoms with Crippen LogP contribution in [0.2, 0.25) is 0 Å². The van der Waals surface area contributed by atoms with Crippen LogP contribution >= 0.6 is 0 Å². The van der Waals surface area contributed by atoms with Crippen molar-refractivity contribution < 1.29 is 9.53 Å². The molecule has 0 spiro atoms. The largest absolute Gasteiger partial charge is 0.494 e. The number of rotatable bonds is 4. The van der Waals surface area contributed by atoms with Crippen LogP contribution in [0.15, 0.2) is 18.2 Å². The topological polar surface area (TPSA) is 52.3 Å². The Labute approximate surface area is 83.9 Å². The number of aryl methyl sites for hydroxylation is 1. The molecular weight excluding hydrogens is 178 g/mol. The molecule has 0 fully saturated rings. The van der Waals surface area contributed by atoms with Crippen LogP contribution in [0.5, 0.6) is 5.75 Å². The first kappa shape index (κ1) is 10.7. The Morgan fingerprint density at radius 3 is 2.79 bits per heavy atom. The van der Waals surface area contributed by atoms with Gasteiger partial charge in [-0.05, 0) is 31.0 Å². The Hall–Kier alpha value is -1.35. The molecule has 1 unspecified atom stereocenters. The minimum absolute atomic E-state index is 0.538. The molecule has 1 rings (SSSR count).